The van der Waals surface area contributed by atoms with E-state index < -0.39 is 11.2 Å². The molecule has 1 aromatic heterocycles. The number of aromatic nitrogens is 1. The van der Waals surface area contributed by atoms with Crippen LogP contribution in [0.2, 0.25) is 0 Å². The average molecular weight is 280 g/mol. The van der Waals surface area contributed by atoms with Gasteiger partial charge in [-0.15, -0.1) is 11.3 Å². The fourth-order valence-corrected chi connectivity index (χ4v) is 2.43. The molecular weight excluding hydrogens is 261 g/mol. The molecule has 0 aliphatic rings. The maximum absolute atomic E-state index is 12.6. The Morgan fingerprint density at radius 2 is 1.78 bits per heavy atom. The minimum Gasteiger partial charge on any atom is -0.307 e. The summed E-state index contributed by atoms with van der Waals surface area (Å²) < 4.78 is 37.9. The molecule has 0 aromatic carbocycles. The second-order valence-electron chi connectivity index (χ2n) is 5.58. The molecule has 0 atom stereocenters. The number of hydrogen-bond acceptors (Lipinski definition) is 3. The second kappa shape index (κ2) is 5.17. The van der Waals surface area contributed by atoms with Gasteiger partial charge in [0.05, 0.1) is 5.69 Å². The SMILES string of the molecule is CC(C)c1nc(C(F)(F)F)sc1CNC(C)(C)C. The summed E-state index contributed by atoms with van der Waals surface area (Å²) >= 11 is 0.737. The lowest BCUT2D eigenvalue weighted by atomic mass is 10.1. The van der Waals surface area contributed by atoms with Gasteiger partial charge in [0.1, 0.15) is 0 Å². The number of halogens is 3. The van der Waals surface area contributed by atoms with Crippen molar-refractivity contribution < 1.29 is 13.2 Å². The molecular formula is C12H19F3N2S. The standard InChI is InChI=1S/C12H19F3N2S/c1-7(2)9-8(6-16-11(3,4)5)18-10(17-9)12(13,14)15/h7,16H,6H2,1-5H3. The van der Waals surface area contributed by atoms with Crippen LogP contribution in [0.4, 0.5) is 13.2 Å². The number of nitrogens with zero attached hydrogens (tertiary/aromatic N) is 1. The molecule has 0 spiro atoms. The van der Waals surface area contributed by atoms with Crippen LogP contribution in [0.1, 0.15) is 56.1 Å². The van der Waals surface area contributed by atoms with Gasteiger partial charge in [-0.3, -0.25) is 0 Å². The molecule has 6 heteroatoms. The molecule has 104 valence electrons. The molecule has 0 radical (unpaired) electrons. The Bertz CT molecular complexity index is 402. The highest BCUT2D eigenvalue weighted by Crippen LogP contribution is 2.36. The second-order valence-corrected chi connectivity index (χ2v) is 6.67. The van der Waals surface area contributed by atoms with Crippen LogP contribution in [0.5, 0.6) is 0 Å². The molecule has 0 saturated heterocycles. The molecule has 0 amide bonds. The van der Waals surface area contributed by atoms with Crippen molar-refractivity contribution >= 4 is 11.3 Å². The highest BCUT2D eigenvalue weighted by atomic mass is 32.1. The Hall–Kier alpha value is -0.620. The van der Waals surface area contributed by atoms with Crippen molar-refractivity contribution in [3.05, 3.63) is 15.6 Å². The van der Waals surface area contributed by atoms with Crippen LogP contribution in [0, 0.1) is 0 Å². The van der Waals surface area contributed by atoms with Gasteiger partial charge in [-0.25, -0.2) is 4.98 Å². The van der Waals surface area contributed by atoms with Crippen LogP contribution in [-0.2, 0) is 12.7 Å². The lowest BCUT2D eigenvalue weighted by molar-refractivity contribution is -0.137. The molecule has 1 rings (SSSR count). The van der Waals surface area contributed by atoms with E-state index in [0.717, 1.165) is 11.3 Å². The summed E-state index contributed by atoms with van der Waals surface area (Å²) in [6.07, 6.45) is -4.35. The van der Waals surface area contributed by atoms with Crippen LogP contribution >= 0.6 is 11.3 Å². The van der Waals surface area contributed by atoms with E-state index in [1.165, 1.54) is 0 Å². The summed E-state index contributed by atoms with van der Waals surface area (Å²) in [5, 5.41) is 2.45. The molecule has 1 N–H and O–H groups in total. The van der Waals surface area contributed by atoms with Crippen molar-refractivity contribution in [3.8, 4) is 0 Å². The molecule has 2 nitrogen and oxygen atoms in total. The molecule has 0 fully saturated rings. The maximum Gasteiger partial charge on any atom is 0.443 e. The quantitative estimate of drug-likeness (QED) is 0.898. The number of thiazole rings is 1. The van der Waals surface area contributed by atoms with Crippen LogP contribution < -0.4 is 5.32 Å². The third kappa shape index (κ3) is 4.24. The van der Waals surface area contributed by atoms with E-state index in [9.17, 15) is 13.2 Å². The molecule has 1 heterocycles. The van der Waals surface area contributed by atoms with Crippen molar-refractivity contribution in [1.82, 2.24) is 10.3 Å². The van der Waals surface area contributed by atoms with Gasteiger partial charge in [0.25, 0.3) is 0 Å². The van der Waals surface area contributed by atoms with Crippen molar-refractivity contribution in [3.63, 3.8) is 0 Å². The molecule has 0 aliphatic heterocycles. The van der Waals surface area contributed by atoms with Crippen molar-refractivity contribution in [2.75, 3.05) is 0 Å². The minimum atomic E-state index is -4.35. The van der Waals surface area contributed by atoms with Gasteiger partial charge in [-0.2, -0.15) is 13.2 Å². The summed E-state index contributed by atoms with van der Waals surface area (Å²) in [6.45, 7) is 10.1. The van der Waals surface area contributed by atoms with E-state index in [2.05, 4.69) is 10.3 Å². The molecule has 0 aliphatic carbocycles. The summed E-state index contributed by atoms with van der Waals surface area (Å²) in [6, 6.07) is 0. The Labute approximate surface area is 110 Å². The highest BCUT2D eigenvalue weighted by Gasteiger charge is 2.36. The highest BCUT2D eigenvalue weighted by molar-refractivity contribution is 7.11. The molecule has 0 bridgehead atoms. The number of alkyl halides is 3. The van der Waals surface area contributed by atoms with Crippen LogP contribution in [-0.4, -0.2) is 10.5 Å². The summed E-state index contributed by atoms with van der Waals surface area (Å²) in [5.74, 6) is -0.00545. The Morgan fingerprint density at radius 1 is 1.22 bits per heavy atom. The number of nitrogens with one attached hydrogen (secondary N) is 1. The fourth-order valence-electron chi connectivity index (χ4n) is 1.41. The Morgan fingerprint density at radius 3 is 2.17 bits per heavy atom. The van der Waals surface area contributed by atoms with Crippen molar-refractivity contribution in [1.29, 1.82) is 0 Å². The van der Waals surface area contributed by atoms with E-state index in [0.29, 0.717) is 17.1 Å². The van der Waals surface area contributed by atoms with E-state index >= 15 is 0 Å². The predicted molar refractivity (Wildman–Crippen MR) is 67.8 cm³/mol. The largest absolute Gasteiger partial charge is 0.443 e. The number of rotatable bonds is 3. The number of hydrogen-bond donors (Lipinski definition) is 1. The van der Waals surface area contributed by atoms with E-state index in [4.69, 9.17) is 0 Å². The summed E-state index contributed by atoms with van der Waals surface area (Å²) in [7, 11) is 0. The van der Waals surface area contributed by atoms with Gasteiger partial charge in [-0.1, -0.05) is 13.8 Å². The first-order chi connectivity index (χ1) is 8.00. The van der Waals surface area contributed by atoms with Crippen LogP contribution in [0.3, 0.4) is 0 Å². The van der Waals surface area contributed by atoms with E-state index in [-0.39, 0.29) is 11.5 Å². The first kappa shape index (κ1) is 15.4. The van der Waals surface area contributed by atoms with E-state index in [1.54, 1.807) is 0 Å². The van der Waals surface area contributed by atoms with Gasteiger partial charge in [0.2, 0.25) is 0 Å². The third-order valence-electron chi connectivity index (χ3n) is 2.30. The lowest BCUT2D eigenvalue weighted by Crippen LogP contribution is -2.35. The monoisotopic (exact) mass is 280 g/mol. The zero-order valence-electron chi connectivity index (χ0n) is 11.3. The third-order valence-corrected chi connectivity index (χ3v) is 3.41. The Kier molecular flexibility index (Phi) is 4.43. The van der Waals surface area contributed by atoms with Crippen LogP contribution in [0.25, 0.3) is 0 Å². The van der Waals surface area contributed by atoms with Crippen molar-refractivity contribution in [2.24, 2.45) is 0 Å². The van der Waals surface area contributed by atoms with Crippen molar-refractivity contribution in [2.45, 2.75) is 58.8 Å². The average Bonchev–Trinajstić information content (AvgIpc) is 2.56. The lowest BCUT2D eigenvalue weighted by Gasteiger charge is -2.20. The van der Waals surface area contributed by atoms with Gasteiger partial charge < -0.3 is 5.32 Å². The zero-order valence-corrected chi connectivity index (χ0v) is 12.1. The van der Waals surface area contributed by atoms with Gasteiger partial charge in [0.15, 0.2) is 5.01 Å². The molecule has 0 unspecified atom stereocenters. The van der Waals surface area contributed by atoms with Crippen LogP contribution in [0.15, 0.2) is 0 Å². The first-order valence-electron chi connectivity index (χ1n) is 5.82. The molecule has 0 saturated carbocycles. The maximum atomic E-state index is 12.6. The van der Waals surface area contributed by atoms with Gasteiger partial charge in [0, 0.05) is 17.0 Å². The van der Waals surface area contributed by atoms with Gasteiger partial charge >= 0.3 is 6.18 Å². The first-order valence-corrected chi connectivity index (χ1v) is 6.64. The summed E-state index contributed by atoms with van der Waals surface area (Å²) in [5.41, 5.74) is 0.417. The minimum absolute atomic E-state index is 0.00545. The predicted octanol–water partition coefficient (Wildman–Crippen LogP) is 4.17. The summed E-state index contributed by atoms with van der Waals surface area (Å²) in [4.78, 5) is 4.41. The van der Waals surface area contributed by atoms with Gasteiger partial charge in [-0.05, 0) is 26.7 Å². The fraction of sp³-hybridized carbons (Fsp3) is 0.750. The molecule has 1 aromatic rings. The smallest absolute Gasteiger partial charge is 0.307 e. The normalized spacial score (nSPS) is 13.4. The zero-order chi connectivity index (χ0) is 14.1. The Balaban J connectivity index is 2.99. The topological polar surface area (TPSA) is 24.9 Å². The van der Waals surface area contributed by atoms with E-state index in [1.807, 2.05) is 34.6 Å². The molecule has 18 heavy (non-hydrogen) atoms.